The lowest BCUT2D eigenvalue weighted by Gasteiger charge is -2.11. The van der Waals surface area contributed by atoms with E-state index in [2.05, 4.69) is 15.0 Å². The molecule has 0 fully saturated rings. The van der Waals surface area contributed by atoms with Gasteiger partial charge in [-0.15, -0.1) is 0 Å². The Morgan fingerprint density at radius 2 is 1.86 bits per heavy atom. The second-order valence-corrected chi connectivity index (χ2v) is 8.14. The van der Waals surface area contributed by atoms with Gasteiger partial charge in [-0.3, -0.25) is 14.5 Å². The van der Waals surface area contributed by atoms with Crippen molar-refractivity contribution in [1.29, 1.82) is 0 Å². The van der Waals surface area contributed by atoms with E-state index in [-0.39, 0.29) is 16.6 Å². The van der Waals surface area contributed by atoms with Gasteiger partial charge in [0.05, 0.1) is 19.1 Å². The van der Waals surface area contributed by atoms with Crippen LogP contribution in [0.25, 0.3) is 0 Å². The van der Waals surface area contributed by atoms with Crippen molar-refractivity contribution >= 4 is 21.8 Å². The minimum Gasteiger partial charge on any atom is -0.493 e. The Balaban J connectivity index is 1.61. The number of nitrogens with one attached hydrogen (secondary N) is 2. The number of hydrogen-bond acceptors (Lipinski definition) is 6. The molecular weight excluding hydrogens is 394 g/mol. The number of methoxy groups -OCH3 is 2. The van der Waals surface area contributed by atoms with E-state index in [4.69, 9.17) is 9.47 Å². The number of amidine groups is 1. The number of carbonyl (C=O) groups is 1. The molecule has 2 aromatic rings. The van der Waals surface area contributed by atoms with Crippen LogP contribution < -0.4 is 19.5 Å². The van der Waals surface area contributed by atoms with E-state index in [0.29, 0.717) is 30.0 Å². The summed E-state index contributed by atoms with van der Waals surface area (Å²) in [4.78, 5) is 16.8. The summed E-state index contributed by atoms with van der Waals surface area (Å²) in [5, 5.41) is 2.82. The van der Waals surface area contributed by atoms with Crippen molar-refractivity contribution in [3.05, 3.63) is 53.6 Å². The van der Waals surface area contributed by atoms with Crippen molar-refractivity contribution in [3.8, 4) is 11.5 Å². The second kappa shape index (κ2) is 8.52. The van der Waals surface area contributed by atoms with Crippen molar-refractivity contribution in [1.82, 2.24) is 10.0 Å². The summed E-state index contributed by atoms with van der Waals surface area (Å²) in [7, 11) is -0.484. The van der Waals surface area contributed by atoms with Crippen molar-refractivity contribution in [2.24, 2.45) is 4.99 Å². The maximum absolute atomic E-state index is 12.4. The zero-order valence-corrected chi connectivity index (χ0v) is 17.2. The number of ether oxygens (including phenoxy) is 2. The number of hydrogen-bond donors (Lipinski definition) is 2. The normalized spacial score (nSPS) is 16.6. The topological polar surface area (TPSA) is 106 Å². The molecular formula is C20H23N3O5S. The van der Waals surface area contributed by atoms with Gasteiger partial charge < -0.3 is 14.8 Å². The van der Waals surface area contributed by atoms with E-state index in [0.717, 1.165) is 5.56 Å². The number of sulfonamides is 1. The summed E-state index contributed by atoms with van der Waals surface area (Å²) in [5.41, 5.74) is 1.46. The predicted octanol–water partition coefficient (Wildman–Crippen LogP) is 1.49. The molecule has 2 N–H and O–H groups in total. The molecule has 1 heterocycles. The second-order valence-electron chi connectivity index (χ2n) is 6.49. The monoisotopic (exact) mass is 417 g/mol. The van der Waals surface area contributed by atoms with E-state index in [1.54, 1.807) is 39.3 Å². The van der Waals surface area contributed by atoms with E-state index >= 15 is 0 Å². The summed E-state index contributed by atoms with van der Waals surface area (Å²) >= 11 is 0. The minimum atomic E-state index is -3.63. The van der Waals surface area contributed by atoms with Gasteiger partial charge in [0.15, 0.2) is 11.5 Å². The summed E-state index contributed by atoms with van der Waals surface area (Å²) < 4.78 is 37.1. The smallest absolute Gasteiger partial charge is 0.263 e. The van der Waals surface area contributed by atoms with Crippen LogP contribution in [0.4, 0.5) is 0 Å². The Hall–Kier alpha value is -3.07. The summed E-state index contributed by atoms with van der Waals surface area (Å²) in [6.07, 6.45) is 0.602. The fourth-order valence-electron chi connectivity index (χ4n) is 3.00. The highest BCUT2D eigenvalue weighted by molar-refractivity contribution is 7.90. The van der Waals surface area contributed by atoms with Gasteiger partial charge in [0, 0.05) is 12.1 Å². The molecule has 0 aromatic heterocycles. The van der Waals surface area contributed by atoms with Gasteiger partial charge in [-0.2, -0.15) is 0 Å². The first-order valence-electron chi connectivity index (χ1n) is 9.04. The lowest BCUT2D eigenvalue weighted by Crippen LogP contribution is -2.35. The molecule has 1 aliphatic rings. The van der Waals surface area contributed by atoms with Crippen LogP contribution in [0.1, 0.15) is 18.1 Å². The molecule has 154 valence electrons. The first kappa shape index (κ1) is 20.7. The zero-order valence-electron chi connectivity index (χ0n) is 16.4. The predicted molar refractivity (Wildman–Crippen MR) is 109 cm³/mol. The van der Waals surface area contributed by atoms with Gasteiger partial charge in [0.1, 0.15) is 11.9 Å². The van der Waals surface area contributed by atoms with Crippen LogP contribution in [-0.2, 0) is 21.2 Å². The molecule has 29 heavy (non-hydrogen) atoms. The van der Waals surface area contributed by atoms with E-state index in [9.17, 15) is 13.2 Å². The van der Waals surface area contributed by atoms with Crippen LogP contribution in [0, 0.1) is 0 Å². The molecule has 0 unspecified atom stereocenters. The molecule has 0 radical (unpaired) electrons. The molecule has 1 amide bonds. The van der Waals surface area contributed by atoms with Crippen LogP contribution in [-0.4, -0.2) is 47.0 Å². The van der Waals surface area contributed by atoms with Gasteiger partial charge in [-0.1, -0.05) is 18.2 Å². The van der Waals surface area contributed by atoms with Crippen molar-refractivity contribution in [3.63, 3.8) is 0 Å². The molecule has 2 aromatic carbocycles. The standard InChI is InChI=1S/C20H23N3O5S/c1-13(22-19-15-6-4-5-7-18(15)29(25,26)23-19)20(24)21-11-10-14-8-9-16(27-2)17(12-14)28-3/h4-9,12-13H,10-11H2,1-3H3,(H,21,24)(H,22,23)/t13-/m0/s1. The quantitative estimate of drug-likeness (QED) is 0.710. The number of aliphatic imine (C=N–C) groups is 1. The average molecular weight is 417 g/mol. The Kier molecular flexibility index (Phi) is 6.07. The Morgan fingerprint density at radius 1 is 1.14 bits per heavy atom. The van der Waals surface area contributed by atoms with Gasteiger partial charge in [-0.25, -0.2) is 8.42 Å². The maximum atomic E-state index is 12.4. The lowest BCUT2D eigenvalue weighted by molar-refractivity contribution is -0.121. The third-order valence-corrected chi connectivity index (χ3v) is 5.92. The molecule has 9 heteroatoms. The summed E-state index contributed by atoms with van der Waals surface area (Å²) in [5.74, 6) is 1.16. The molecule has 0 saturated heterocycles. The summed E-state index contributed by atoms with van der Waals surface area (Å²) in [6, 6.07) is 11.4. The van der Waals surface area contributed by atoms with Crippen molar-refractivity contribution in [2.75, 3.05) is 20.8 Å². The maximum Gasteiger partial charge on any atom is 0.263 e. The Bertz CT molecular complexity index is 1050. The molecule has 8 nitrogen and oxygen atoms in total. The number of rotatable bonds is 7. The Labute approximate surface area is 170 Å². The number of nitrogens with zero attached hydrogens (tertiary/aromatic N) is 1. The van der Waals surface area contributed by atoms with E-state index in [1.165, 1.54) is 6.07 Å². The molecule has 0 bridgehead atoms. The fourth-order valence-corrected chi connectivity index (χ4v) is 4.24. The lowest BCUT2D eigenvalue weighted by atomic mass is 10.1. The molecule has 0 aliphatic carbocycles. The zero-order chi connectivity index (χ0) is 21.0. The highest BCUT2D eigenvalue weighted by atomic mass is 32.2. The largest absolute Gasteiger partial charge is 0.493 e. The van der Waals surface area contributed by atoms with Gasteiger partial charge >= 0.3 is 0 Å². The Morgan fingerprint density at radius 3 is 2.59 bits per heavy atom. The highest BCUT2D eigenvalue weighted by Gasteiger charge is 2.31. The highest BCUT2D eigenvalue weighted by Crippen LogP contribution is 2.27. The van der Waals surface area contributed by atoms with E-state index < -0.39 is 16.1 Å². The number of amides is 1. The first-order chi connectivity index (χ1) is 13.9. The third kappa shape index (κ3) is 4.51. The number of carbonyl (C=O) groups excluding carboxylic acids is 1. The minimum absolute atomic E-state index is 0.166. The molecule has 0 saturated carbocycles. The summed E-state index contributed by atoms with van der Waals surface area (Å²) in [6.45, 7) is 2.03. The van der Waals surface area contributed by atoms with Crippen LogP contribution in [0.5, 0.6) is 11.5 Å². The SMILES string of the molecule is COc1ccc(CCNC(=O)[C@H](C)N=C2NS(=O)(=O)c3ccccc32)cc1OC. The number of benzene rings is 2. The van der Waals surface area contributed by atoms with Gasteiger partial charge in [0.2, 0.25) is 5.91 Å². The molecule has 1 atom stereocenters. The first-order valence-corrected chi connectivity index (χ1v) is 10.5. The van der Waals surface area contributed by atoms with Gasteiger partial charge in [-0.05, 0) is 43.2 Å². The van der Waals surface area contributed by atoms with Gasteiger partial charge in [0.25, 0.3) is 10.0 Å². The van der Waals surface area contributed by atoms with Crippen LogP contribution in [0.2, 0.25) is 0 Å². The molecule has 1 aliphatic heterocycles. The van der Waals surface area contributed by atoms with Crippen LogP contribution in [0.15, 0.2) is 52.4 Å². The fraction of sp³-hybridized carbons (Fsp3) is 0.300. The average Bonchev–Trinajstić information content (AvgIpc) is 2.98. The number of fused-ring (bicyclic) bond motifs is 1. The van der Waals surface area contributed by atoms with E-state index in [1.807, 2.05) is 18.2 Å². The van der Waals surface area contributed by atoms with Crippen LogP contribution >= 0.6 is 0 Å². The van der Waals surface area contributed by atoms with Crippen molar-refractivity contribution in [2.45, 2.75) is 24.3 Å². The molecule has 0 spiro atoms. The van der Waals surface area contributed by atoms with Crippen LogP contribution in [0.3, 0.4) is 0 Å². The molecule has 3 rings (SSSR count). The third-order valence-electron chi connectivity index (χ3n) is 4.53. The van der Waals surface area contributed by atoms with Crippen molar-refractivity contribution < 1.29 is 22.7 Å².